The van der Waals surface area contributed by atoms with Gasteiger partial charge in [0.15, 0.2) is 0 Å². The Labute approximate surface area is 119 Å². The molecule has 19 heavy (non-hydrogen) atoms. The van der Waals surface area contributed by atoms with E-state index in [1.807, 2.05) is 36.0 Å². The zero-order chi connectivity index (χ0) is 13.9. The number of hydrogen-bond acceptors (Lipinski definition) is 4. The molecule has 1 rings (SSSR count). The van der Waals surface area contributed by atoms with Crippen LogP contribution in [0.1, 0.15) is 12.8 Å². The number of unbranched alkanes of at least 4 members (excludes halogenated alkanes) is 1. The van der Waals surface area contributed by atoms with Gasteiger partial charge in [-0.3, -0.25) is 4.79 Å². The van der Waals surface area contributed by atoms with Crippen LogP contribution in [0.25, 0.3) is 0 Å². The van der Waals surface area contributed by atoms with Gasteiger partial charge in [-0.05, 0) is 55.7 Å². The van der Waals surface area contributed by atoms with E-state index < -0.39 is 0 Å². The maximum absolute atomic E-state index is 11.6. The predicted molar refractivity (Wildman–Crippen MR) is 82.1 cm³/mol. The maximum Gasteiger partial charge on any atom is 0.238 e. The van der Waals surface area contributed by atoms with Crippen LogP contribution >= 0.6 is 11.8 Å². The molecule has 0 aromatic heterocycles. The summed E-state index contributed by atoms with van der Waals surface area (Å²) in [6, 6.07) is 7.31. The minimum atomic E-state index is -0.0185. The Kier molecular flexibility index (Phi) is 8.09. The van der Waals surface area contributed by atoms with Crippen molar-refractivity contribution < 1.29 is 9.53 Å². The maximum atomic E-state index is 11.6. The molecule has 0 radical (unpaired) electrons. The molecule has 0 aliphatic carbocycles. The average Bonchev–Trinajstić information content (AvgIpc) is 2.43. The number of carbonyl (C=O) groups is 1. The number of carbonyl (C=O) groups excluding carboxylic acids is 1. The van der Waals surface area contributed by atoms with E-state index in [0.29, 0.717) is 6.54 Å². The number of hydrogen-bond donors (Lipinski definition) is 2. The van der Waals surface area contributed by atoms with Gasteiger partial charge in [-0.1, -0.05) is 0 Å². The third kappa shape index (κ3) is 7.08. The molecule has 0 aliphatic rings. The summed E-state index contributed by atoms with van der Waals surface area (Å²) in [4.78, 5) is 11.6. The SMILES string of the molecule is COc1ccc(NC(=O)CNCCCCSC)cc1. The summed E-state index contributed by atoms with van der Waals surface area (Å²) in [5.41, 5.74) is 0.787. The summed E-state index contributed by atoms with van der Waals surface area (Å²) in [6.45, 7) is 1.24. The van der Waals surface area contributed by atoms with Gasteiger partial charge in [0.05, 0.1) is 13.7 Å². The smallest absolute Gasteiger partial charge is 0.238 e. The van der Waals surface area contributed by atoms with E-state index in [1.165, 1.54) is 12.2 Å². The van der Waals surface area contributed by atoms with Gasteiger partial charge in [-0.25, -0.2) is 0 Å². The second-order valence-corrected chi connectivity index (χ2v) is 5.14. The normalized spacial score (nSPS) is 10.2. The molecule has 0 fully saturated rings. The summed E-state index contributed by atoms with van der Waals surface area (Å²) in [6.07, 6.45) is 4.40. The van der Waals surface area contributed by atoms with Crippen LogP contribution < -0.4 is 15.4 Å². The van der Waals surface area contributed by atoms with Crippen molar-refractivity contribution in [3.8, 4) is 5.75 Å². The van der Waals surface area contributed by atoms with E-state index in [4.69, 9.17) is 4.74 Å². The van der Waals surface area contributed by atoms with Crippen LogP contribution in [0.3, 0.4) is 0 Å². The fourth-order valence-corrected chi connectivity index (χ4v) is 2.07. The van der Waals surface area contributed by atoms with Gasteiger partial charge < -0.3 is 15.4 Å². The van der Waals surface area contributed by atoms with Crippen molar-refractivity contribution in [2.45, 2.75) is 12.8 Å². The molecular formula is C14H22N2O2S. The first-order valence-corrected chi connectivity index (χ1v) is 7.79. The Morgan fingerprint density at radius 1 is 1.26 bits per heavy atom. The van der Waals surface area contributed by atoms with Gasteiger partial charge in [0, 0.05) is 5.69 Å². The molecule has 1 aromatic rings. The molecule has 5 heteroatoms. The topological polar surface area (TPSA) is 50.4 Å². The van der Waals surface area contributed by atoms with Crippen LogP contribution in [0.4, 0.5) is 5.69 Å². The largest absolute Gasteiger partial charge is 0.497 e. The predicted octanol–water partition coefficient (Wildman–Crippen LogP) is 2.37. The summed E-state index contributed by atoms with van der Waals surface area (Å²) < 4.78 is 5.06. The van der Waals surface area contributed by atoms with Gasteiger partial charge in [0.1, 0.15) is 5.75 Å². The molecule has 1 aromatic carbocycles. The minimum Gasteiger partial charge on any atom is -0.497 e. The van der Waals surface area contributed by atoms with Gasteiger partial charge in [-0.2, -0.15) is 11.8 Å². The molecule has 0 bridgehead atoms. The van der Waals surface area contributed by atoms with E-state index in [-0.39, 0.29) is 5.91 Å². The average molecular weight is 282 g/mol. The van der Waals surface area contributed by atoms with Crippen LogP contribution in [0.2, 0.25) is 0 Å². The first-order chi connectivity index (χ1) is 9.26. The lowest BCUT2D eigenvalue weighted by atomic mass is 10.3. The summed E-state index contributed by atoms with van der Waals surface area (Å²) in [5, 5.41) is 5.98. The Bertz CT molecular complexity index is 368. The fraction of sp³-hybridized carbons (Fsp3) is 0.500. The quantitative estimate of drug-likeness (QED) is 0.683. The first kappa shape index (κ1) is 15.9. The minimum absolute atomic E-state index is 0.0185. The lowest BCUT2D eigenvalue weighted by Crippen LogP contribution is -2.28. The molecular weight excluding hydrogens is 260 g/mol. The molecule has 0 atom stereocenters. The van der Waals surface area contributed by atoms with Crippen molar-refractivity contribution in [1.29, 1.82) is 0 Å². The van der Waals surface area contributed by atoms with E-state index in [1.54, 1.807) is 7.11 Å². The van der Waals surface area contributed by atoms with E-state index >= 15 is 0 Å². The number of methoxy groups -OCH3 is 1. The zero-order valence-electron chi connectivity index (χ0n) is 11.6. The summed E-state index contributed by atoms with van der Waals surface area (Å²) in [7, 11) is 1.62. The highest BCUT2D eigenvalue weighted by atomic mass is 32.2. The van der Waals surface area contributed by atoms with Crippen molar-refractivity contribution in [2.24, 2.45) is 0 Å². The van der Waals surface area contributed by atoms with E-state index in [0.717, 1.165) is 24.4 Å². The van der Waals surface area contributed by atoms with Crippen LogP contribution in [-0.2, 0) is 4.79 Å². The van der Waals surface area contributed by atoms with Gasteiger partial charge in [0.25, 0.3) is 0 Å². The number of thioether (sulfide) groups is 1. The van der Waals surface area contributed by atoms with E-state index in [9.17, 15) is 4.79 Å². The Morgan fingerprint density at radius 2 is 2.00 bits per heavy atom. The third-order valence-corrected chi connectivity index (χ3v) is 3.31. The van der Waals surface area contributed by atoms with Crippen molar-refractivity contribution in [2.75, 3.05) is 37.5 Å². The molecule has 0 saturated heterocycles. The fourth-order valence-electron chi connectivity index (χ4n) is 1.58. The zero-order valence-corrected chi connectivity index (χ0v) is 12.4. The number of nitrogens with one attached hydrogen (secondary N) is 2. The monoisotopic (exact) mass is 282 g/mol. The lowest BCUT2D eigenvalue weighted by molar-refractivity contribution is -0.115. The number of amides is 1. The van der Waals surface area contributed by atoms with Gasteiger partial charge >= 0.3 is 0 Å². The van der Waals surface area contributed by atoms with Crippen LogP contribution in [0, 0.1) is 0 Å². The summed E-state index contributed by atoms with van der Waals surface area (Å²) >= 11 is 1.85. The molecule has 0 heterocycles. The highest BCUT2D eigenvalue weighted by Gasteiger charge is 2.01. The van der Waals surface area contributed by atoms with Crippen molar-refractivity contribution in [3.05, 3.63) is 24.3 Å². The summed E-state index contributed by atoms with van der Waals surface area (Å²) in [5.74, 6) is 1.94. The second-order valence-electron chi connectivity index (χ2n) is 4.15. The Balaban J connectivity index is 2.16. The number of rotatable bonds is 9. The van der Waals surface area contributed by atoms with Crippen LogP contribution in [0.5, 0.6) is 5.75 Å². The van der Waals surface area contributed by atoms with Gasteiger partial charge in [-0.15, -0.1) is 0 Å². The van der Waals surface area contributed by atoms with Crippen LogP contribution in [0.15, 0.2) is 24.3 Å². The van der Waals surface area contributed by atoms with Crippen LogP contribution in [-0.4, -0.2) is 38.1 Å². The Hall–Kier alpha value is -1.20. The molecule has 1 amide bonds. The standard InChI is InChI=1S/C14H22N2O2S/c1-18-13-7-5-12(6-8-13)16-14(17)11-15-9-3-4-10-19-2/h5-8,15H,3-4,9-11H2,1-2H3,(H,16,17). The molecule has 2 N–H and O–H groups in total. The molecule has 0 spiro atoms. The Morgan fingerprint density at radius 3 is 2.63 bits per heavy atom. The lowest BCUT2D eigenvalue weighted by Gasteiger charge is -2.07. The van der Waals surface area contributed by atoms with Gasteiger partial charge in [0.2, 0.25) is 5.91 Å². The second kappa shape index (κ2) is 9.69. The molecule has 0 saturated carbocycles. The van der Waals surface area contributed by atoms with Crippen molar-refractivity contribution in [1.82, 2.24) is 5.32 Å². The molecule has 106 valence electrons. The highest BCUT2D eigenvalue weighted by Crippen LogP contribution is 2.14. The third-order valence-electron chi connectivity index (χ3n) is 2.61. The molecule has 0 aliphatic heterocycles. The molecule has 4 nitrogen and oxygen atoms in total. The van der Waals surface area contributed by atoms with E-state index in [2.05, 4.69) is 16.9 Å². The highest BCUT2D eigenvalue weighted by molar-refractivity contribution is 7.98. The van der Waals surface area contributed by atoms with Crippen molar-refractivity contribution in [3.63, 3.8) is 0 Å². The number of ether oxygens (including phenoxy) is 1. The first-order valence-electron chi connectivity index (χ1n) is 6.40. The van der Waals surface area contributed by atoms with Crippen molar-refractivity contribution >= 4 is 23.4 Å². The number of anilines is 1. The molecule has 0 unspecified atom stereocenters. The number of benzene rings is 1.